The van der Waals surface area contributed by atoms with E-state index < -0.39 is 0 Å². The second kappa shape index (κ2) is 4.42. The number of pyridine rings is 1. The number of nitrogens with two attached hydrogens (primary N) is 1. The number of thiophene rings is 1. The first-order valence-corrected chi connectivity index (χ1v) is 6.81. The molecule has 0 aliphatic rings. The van der Waals surface area contributed by atoms with Gasteiger partial charge in [-0.15, -0.1) is 11.3 Å². The average molecular weight is 258 g/mol. The van der Waals surface area contributed by atoms with E-state index >= 15 is 0 Å². The maximum atomic E-state index is 6.05. The average Bonchev–Trinajstić information content (AvgIpc) is 2.99. The molecule has 18 heavy (non-hydrogen) atoms. The number of nitrogen functional groups attached to an aromatic ring is 1. The minimum atomic E-state index is 0.213. The van der Waals surface area contributed by atoms with Crippen LogP contribution in [0.5, 0.6) is 0 Å². The van der Waals surface area contributed by atoms with E-state index in [0.29, 0.717) is 5.95 Å². The molecule has 1 unspecified atom stereocenters. The predicted octanol–water partition coefficient (Wildman–Crippen LogP) is 3.07. The molecule has 2 N–H and O–H groups in total. The smallest absolute Gasteiger partial charge is 0.203 e. The molecule has 3 aromatic rings. The first kappa shape index (κ1) is 11.2. The van der Waals surface area contributed by atoms with Crippen LogP contribution in [0.15, 0.2) is 35.8 Å². The van der Waals surface area contributed by atoms with E-state index in [-0.39, 0.29) is 6.04 Å². The highest BCUT2D eigenvalue weighted by Gasteiger charge is 2.19. The molecule has 0 saturated heterocycles. The molecule has 5 heteroatoms. The largest absolute Gasteiger partial charge is 0.369 e. The van der Waals surface area contributed by atoms with Gasteiger partial charge in [-0.3, -0.25) is 4.57 Å². The Morgan fingerprint density at radius 1 is 1.39 bits per heavy atom. The quantitative estimate of drug-likeness (QED) is 0.785. The third kappa shape index (κ3) is 1.67. The summed E-state index contributed by atoms with van der Waals surface area (Å²) in [5.74, 6) is 0.531. The monoisotopic (exact) mass is 258 g/mol. The Hall–Kier alpha value is -1.88. The molecule has 0 radical (unpaired) electrons. The maximum Gasteiger partial charge on any atom is 0.203 e. The van der Waals surface area contributed by atoms with Crippen molar-refractivity contribution in [3.05, 3.63) is 40.7 Å². The van der Waals surface area contributed by atoms with Crippen LogP contribution < -0.4 is 5.73 Å². The fourth-order valence-electron chi connectivity index (χ4n) is 2.25. The van der Waals surface area contributed by atoms with Gasteiger partial charge in [0.1, 0.15) is 5.52 Å². The molecule has 0 amide bonds. The van der Waals surface area contributed by atoms with Crippen molar-refractivity contribution in [3.63, 3.8) is 0 Å². The van der Waals surface area contributed by atoms with E-state index in [4.69, 9.17) is 5.73 Å². The van der Waals surface area contributed by atoms with Gasteiger partial charge >= 0.3 is 0 Å². The highest BCUT2D eigenvalue weighted by molar-refractivity contribution is 7.10. The Morgan fingerprint density at radius 3 is 3.00 bits per heavy atom. The normalized spacial score (nSPS) is 12.9. The maximum absolute atomic E-state index is 6.05. The number of rotatable bonds is 3. The molecule has 0 spiro atoms. The van der Waals surface area contributed by atoms with Gasteiger partial charge in [0.25, 0.3) is 0 Å². The number of aromatic nitrogens is 3. The lowest BCUT2D eigenvalue weighted by molar-refractivity contribution is 0.595. The zero-order valence-corrected chi connectivity index (χ0v) is 10.9. The molecule has 0 aromatic carbocycles. The van der Waals surface area contributed by atoms with E-state index in [2.05, 4.69) is 34.4 Å². The summed E-state index contributed by atoms with van der Waals surface area (Å²) in [6, 6.07) is 8.23. The molecule has 0 bridgehead atoms. The summed E-state index contributed by atoms with van der Waals surface area (Å²) in [7, 11) is 0. The van der Waals surface area contributed by atoms with Crippen molar-refractivity contribution in [1.82, 2.24) is 14.5 Å². The second-order valence-corrected chi connectivity index (χ2v) is 5.10. The molecule has 3 rings (SSSR count). The lowest BCUT2D eigenvalue weighted by Gasteiger charge is -2.16. The van der Waals surface area contributed by atoms with Crippen molar-refractivity contribution >= 4 is 28.4 Å². The summed E-state index contributed by atoms with van der Waals surface area (Å²) < 4.78 is 2.03. The Morgan fingerprint density at radius 2 is 2.28 bits per heavy atom. The number of fused-ring (bicyclic) bond motifs is 1. The first-order chi connectivity index (χ1) is 8.81. The van der Waals surface area contributed by atoms with Crippen LogP contribution in [0.1, 0.15) is 24.3 Å². The van der Waals surface area contributed by atoms with Crippen LogP contribution in [0.2, 0.25) is 0 Å². The molecular formula is C13H14N4S. The summed E-state index contributed by atoms with van der Waals surface area (Å²) in [6.45, 7) is 2.15. The molecule has 0 aliphatic heterocycles. The molecule has 1 atom stereocenters. The Bertz CT molecular complexity index is 657. The van der Waals surface area contributed by atoms with Crippen LogP contribution in [-0.2, 0) is 0 Å². The second-order valence-electron chi connectivity index (χ2n) is 4.13. The number of imidazole rings is 1. The topological polar surface area (TPSA) is 56.7 Å². The SMILES string of the molecule is CCC(c1cccs1)n1c(N)nc2cccnc21. The molecule has 4 nitrogen and oxygen atoms in total. The van der Waals surface area contributed by atoms with Gasteiger partial charge in [-0.1, -0.05) is 13.0 Å². The Labute approximate surface area is 109 Å². The van der Waals surface area contributed by atoms with E-state index in [9.17, 15) is 0 Å². The van der Waals surface area contributed by atoms with E-state index in [1.807, 2.05) is 16.7 Å². The molecule has 3 heterocycles. The van der Waals surface area contributed by atoms with Crippen LogP contribution in [0.4, 0.5) is 5.95 Å². The minimum Gasteiger partial charge on any atom is -0.369 e. The van der Waals surface area contributed by atoms with Gasteiger partial charge in [-0.05, 0) is 30.0 Å². The van der Waals surface area contributed by atoms with Gasteiger partial charge in [0.05, 0.1) is 6.04 Å². The van der Waals surface area contributed by atoms with Crippen molar-refractivity contribution in [2.45, 2.75) is 19.4 Å². The van der Waals surface area contributed by atoms with Gasteiger partial charge < -0.3 is 5.73 Å². The van der Waals surface area contributed by atoms with E-state index in [1.54, 1.807) is 17.5 Å². The summed E-state index contributed by atoms with van der Waals surface area (Å²) >= 11 is 1.74. The fraction of sp³-hybridized carbons (Fsp3) is 0.231. The standard InChI is InChI=1S/C13H14N4S/c1-2-10(11-6-4-8-18-11)17-12-9(16-13(17)14)5-3-7-15-12/h3-8,10H,2H2,1H3,(H2,14,16). The van der Waals surface area contributed by atoms with Crippen molar-refractivity contribution < 1.29 is 0 Å². The first-order valence-electron chi connectivity index (χ1n) is 5.93. The Kier molecular flexibility index (Phi) is 2.76. The third-order valence-electron chi connectivity index (χ3n) is 3.05. The van der Waals surface area contributed by atoms with E-state index in [1.165, 1.54) is 4.88 Å². The molecule has 92 valence electrons. The molecule has 0 saturated carbocycles. The third-order valence-corrected chi connectivity index (χ3v) is 4.02. The van der Waals surface area contributed by atoms with Crippen LogP contribution in [0.3, 0.4) is 0 Å². The lowest BCUT2D eigenvalue weighted by atomic mass is 10.2. The van der Waals surface area contributed by atoms with Gasteiger partial charge in [0, 0.05) is 11.1 Å². The van der Waals surface area contributed by atoms with Gasteiger partial charge in [-0.2, -0.15) is 0 Å². The zero-order valence-electron chi connectivity index (χ0n) is 10.1. The van der Waals surface area contributed by atoms with Crippen LogP contribution in [-0.4, -0.2) is 14.5 Å². The van der Waals surface area contributed by atoms with Gasteiger partial charge in [0.15, 0.2) is 5.65 Å². The van der Waals surface area contributed by atoms with Gasteiger partial charge in [0.2, 0.25) is 5.95 Å². The predicted molar refractivity (Wildman–Crippen MR) is 74.7 cm³/mol. The molecule has 0 aliphatic carbocycles. The number of anilines is 1. The van der Waals surface area contributed by atoms with Crippen LogP contribution in [0.25, 0.3) is 11.2 Å². The minimum absolute atomic E-state index is 0.213. The molecule has 3 aromatic heterocycles. The lowest BCUT2D eigenvalue weighted by Crippen LogP contribution is -2.12. The van der Waals surface area contributed by atoms with Gasteiger partial charge in [-0.25, -0.2) is 9.97 Å². The Balaban J connectivity index is 2.21. The number of hydrogen-bond acceptors (Lipinski definition) is 4. The fourth-order valence-corrected chi connectivity index (χ4v) is 3.15. The summed E-state index contributed by atoms with van der Waals surface area (Å²) in [6.07, 6.45) is 2.74. The molecule has 0 fully saturated rings. The van der Waals surface area contributed by atoms with Crippen molar-refractivity contribution in [1.29, 1.82) is 0 Å². The summed E-state index contributed by atoms with van der Waals surface area (Å²) in [4.78, 5) is 10.1. The summed E-state index contributed by atoms with van der Waals surface area (Å²) in [5, 5.41) is 2.08. The zero-order chi connectivity index (χ0) is 12.5. The van der Waals surface area contributed by atoms with Crippen LogP contribution >= 0.6 is 11.3 Å². The number of nitrogens with zero attached hydrogens (tertiary/aromatic N) is 3. The summed E-state index contributed by atoms with van der Waals surface area (Å²) in [5.41, 5.74) is 7.76. The van der Waals surface area contributed by atoms with Crippen molar-refractivity contribution in [2.24, 2.45) is 0 Å². The van der Waals surface area contributed by atoms with E-state index in [0.717, 1.165) is 17.6 Å². The van der Waals surface area contributed by atoms with Crippen molar-refractivity contribution in [2.75, 3.05) is 5.73 Å². The molecular weight excluding hydrogens is 244 g/mol. The number of hydrogen-bond donors (Lipinski definition) is 1. The van der Waals surface area contributed by atoms with Crippen molar-refractivity contribution in [3.8, 4) is 0 Å². The highest BCUT2D eigenvalue weighted by atomic mass is 32.1. The van der Waals surface area contributed by atoms with Crippen LogP contribution in [0, 0.1) is 0 Å². The highest BCUT2D eigenvalue weighted by Crippen LogP contribution is 2.31.